The third kappa shape index (κ3) is 490. The van der Waals surface area contributed by atoms with E-state index in [-0.39, 0.29) is 36.8 Å². The summed E-state index contributed by atoms with van der Waals surface area (Å²) in [5.41, 5.74) is 0. The molecule has 0 fully saturated rings. The first kappa shape index (κ1) is 23.4. The average Bonchev–Trinajstić information content (AvgIpc) is 0.722. The molecule has 0 aliphatic heterocycles. The molecule has 0 rings (SSSR count). The summed E-state index contributed by atoms with van der Waals surface area (Å²) in [5, 5.41) is 0. The van der Waals surface area contributed by atoms with Crippen LogP contribution in [0.4, 0.5) is 0 Å². The summed E-state index contributed by atoms with van der Waals surface area (Å²) in [5.74, 6) is 0. The van der Waals surface area contributed by atoms with Crippen LogP contribution >= 0.6 is 0 Å². The molecule has 0 atom stereocenters. The van der Waals surface area contributed by atoms with Gasteiger partial charge in [-0.25, -0.2) is 0 Å². The van der Waals surface area contributed by atoms with E-state index in [1.165, 1.54) is 0 Å². The molecule has 0 aromatic heterocycles. The van der Waals surface area contributed by atoms with Gasteiger partial charge in [0.1, 0.15) is 0 Å². The standard InChI is InChI=1S/Hf.H2O4S.2O/c;1-5(2,3)4;;/h;(H2,1,2,3,4);;/q+4;;2*-2. The molecule has 0 spiro atoms. The van der Waals surface area contributed by atoms with Crippen molar-refractivity contribution in [3.8, 4) is 0 Å². The van der Waals surface area contributed by atoms with Crippen molar-refractivity contribution < 1.29 is 54.3 Å². The first-order chi connectivity index (χ1) is 2.00. The fourth-order valence-corrected chi connectivity index (χ4v) is 0. The number of hydrogen-bond donors (Lipinski definition) is 2. The zero-order valence-electron chi connectivity index (χ0n) is 3.44. The van der Waals surface area contributed by atoms with E-state index in [0.29, 0.717) is 0 Å². The summed E-state index contributed by atoms with van der Waals surface area (Å²) < 4.78 is 31.6. The van der Waals surface area contributed by atoms with Crippen LogP contribution in [-0.4, -0.2) is 17.5 Å². The summed E-state index contributed by atoms with van der Waals surface area (Å²) >= 11 is 0. The van der Waals surface area contributed by atoms with Crippen LogP contribution in [-0.2, 0) is 47.2 Å². The zero-order chi connectivity index (χ0) is 4.50. The fraction of sp³-hybridized carbons (Fsp3) is 0. The summed E-state index contributed by atoms with van der Waals surface area (Å²) in [4.78, 5) is 0. The van der Waals surface area contributed by atoms with Gasteiger partial charge in [0.2, 0.25) is 0 Å². The first-order valence-corrected chi connectivity index (χ1v) is 2.10. The van der Waals surface area contributed by atoms with Gasteiger partial charge in [-0.2, -0.15) is 8.42 Å². The molecule has 0 aliphatic carbocycles. The molecule has 0 heterocycles. The van der Waals surface area contributed by atoms with Gasteiger partial charge < -0.3 is 11.0 Å². The molecule has 6 nitrogen and oxygen atoms in total. The van der Waals surface area contributed by atoms with Crippen LogP contribution in [0.15, 0.2) is 0 Å². The van der Waals surface area contributed by atoms with E-state index in [9.17, 15) is 0 Å². The topological polar surface area (TPSA) is 132 Å². The summed E-state index contributed by atoms with van der Waals surface area (Å²) in [6.45, 7) is 0. The van der Waals surface area contributed by atoms with E-state index < -0.39 is 10.4 Å². The number of rotatable bonds is 0. The first-order valence-electron chi connectivity index (χ1n) is 0.698. The SMILES string of the molecule is O=S(=O)(O)O.[Hf+4].[O-2].[O-2]. The van der Waals surface area contributed by atoms with Gasteiger partial charge in [0, 0.05) is 0 Å². The van der Waals surface area contributed by atoms with E-state index in [1.807, 2.05) is 0 Å². The van der Waals surface area contributed by atoms with Crippen molar-refractivity contribution >= 4 is 10.4 Å². The Morgan fingerprint density at radius 3 is 1.00 bits per heavy atom. The van der Waals surface area contributed by atoms with Crippen molar-refractivity contribution in [1.82, 2.24) is 0 Å². The Morgan fingerprint density at radius 2 is 1.00 bits per heavy atom. The normalized spacial score (nSPS) is 7.25. The van der Waals surface area contributed by atoms with Gasteiger partial charge in [0.25, 0.3) is 0 Å². The molecule has 0 aromatic rings. The minimum Gasteiger partial charge on any atom is -2.00 e. The summed E-state index contributed by atoms with van der Waals surface area (Å²) in [7, 11) is -4.67. The largest absolute Gasteiger partial charge is 4.00 e. The minimum absolute atomic E-state index is 0. The monoisotopic (exact) mass is 310 g/mol. The van der Waals surface area contributed by atoms with Gasteiger partial charge in [0.15, 0.2) is 0 Å². The Kier molecular flexibility index (Phi) is 22.4. The van der Waals surface area contributed by atoms with Gasteiger partial charge in [0.05, 0.1) is 0 Å². The van der Waals surface area contributed by atoms with Crippen molar-refractivity contribution in [2.45, 2.75) is 0 Å². The van der Waals surface area contributed by atoms with Crippen LogP contribution in [0.1, 0.15) is 0 Å². The van der Waals surface area contributed by atoms with E-state index in [4.69, 9.17) is 17.5 Å². The predicted octanol–water partition coefficient (Wildman–Crippen LogP) is -0.893. The second kappa shape index (κ2) is 7.66. The van der Waals surface area contributed by atoms with Crippen molar-refractivity contribution in [3.05, 3.63) is 0 Å². The van der Waals surface area contributed by atoms with Crippen molar-refractivity contribution in [1.29, 1.82) is 0 Å². The molecule has 0 amide bonds. The maximum Gasteiger partial charge on any atom is 4.00 e. The van der Waals surface area contributed by atoms with Crippen molar-refractivity contribution in [2.75, 3.05) is 0 Å². The average molecular weight is 309 g/mol. The van der Waals surface area contributed by atoms with Crippen molar-refractivity contribution in [2.24, 2.45) is 0 Å². The molecule has 0 aliphatic rings. The van der Waals surface area contributed by atoms with Gasteiger partial charge in [-0.15, -0.1) is 0 Å². The number of hydrogen-bond acceptors (Lipinski definition) is 2. The molecular formula is H2HfO6S. The third-order valence-electron chi connectivity index (χ3n) is 0. The maximum atomic E-state index is 8.74. The Labute approximate surface area is 64.9 Å². The zero-order valence-corrected chi connectivity index (χ0v) is 7.84. The van der Waals surface area contributed by atoms with E-state index in [2.05, 4.69) is 0 Å². The molecule has 2 N–H and O–H groups in total. The third-order valence-corrected chi connectivity index (χ3v) is 0. The Morgan fingerprint density at radius 1 is 1.00 bits per heavy atom. The Bertz CT molecular complexity index is 91.7. The molecule has 0 radical (unpaired) electrons. The van der Waals surface area contributed by atoms with Crippen LogP contribution in [0.25, 0.3) is 0 Å². The van der Waals surface area contributed by atoms with Crippen molar-refractivity contribution in [3.63, 3.8) is 0 Å². The predicted molar refractivity (Wildman–Crippen MR) is 15.6 cm³/mol. The summed E-state index contributed by atoms with van der Waals surface area (Å²) in [6.07, 6.45) is 0. The van der Waals surface area contributed by atoms with Crippen LogP contribution in [0.5, 0.6) is 0 Å². The minimum atomic E-state index is -4.67. The van der Waals surface area contributed by atoms with Crippen LogP contribution in [0.2, 0.25) is 0 Å². The van der Waals surface area contributed by atoms with Gasteiger partial charge in [-0.05, 0) is 0 Å². The maximum absolute atomic E-state index is 8.74. The van der Waals surface area contributed by atoms with Crippen LogP contribution in [0, 0.1) is 0 Å². The molecule has 8 heteroatoms. The molecular weight excluding hydrogens is 307 g/mol. The molecule has 0 unspecified atom stereocenters. The molecule has 0 aromatic carbocycles. The molecule has 48 valence electrons. The molecule has 0 bridgehead atoms. The van der Waals surface area contributed by atoms with Gasteiger partial charge in [-0.3, -0.25) is 9.11 Å². The van der Waals surface area contributed by atoms with Crippen LogP contribution < -0.4 is 0 Å². The Balaban J connectivity index is -0.0000000267. The van der Waals surface area contributed by atoms with E-state index >= 15 is 0 Å². The van der Waals surface area contributed by atoms with Gasteiger partial charge in [-0.1, -0.05) is 0 Å². The quantitative estimate of drug-likeness (QED) is 0.443. The molecule has 8 heavy (non-hydrogen) atoms. The second-order valence-electron chi connectivity index (χ2n) is 0.448. The van der Waals surface area contributed by atoms with E-state index in [1.54, 1.807) is 0 Å². The second-order valence-corrected chi connectivity index (χ2v) is 1.34. The van der Waals surface area contributed by atoms with E-state index in [0.717, 1.165) is 0 Å². The Hall–Kier alpha value is 0.660. The van der Waals surface area contributed by atoms with Gasteiger partial charge >= 0.3 is 36.2 Å². The van der Waals surface area contributed by atoms with Crippen LogP contribution in [0.3, 0.4) is 0 Å². The summed E-state index contributed by atoms with van der Waals surface area (Å²) in [6, 6.07) is 0. The fourth-order valence-electron chi connectivity index (χ4n) is 0. The smallest absolute Gasteiger partial charge is 2.00 e. The molecule has 0 saturated heterocycles. The molecule has 0 saturated carbocycles.